The number of para-hydroxylation sites is 1. The summed E-state index contributed by atoms with van der Waals surface area (Å²) in [6.07, 6.45) is 3.24. The third-order valence-corrected chi connectivity index (χ3v) is 4.47. The Labute approximate surface area is 166 Å². The summed E-state index contributed by atoms with van der Waals surface area (Å²) in [6.45, 7) is 0.302. The van der Waals surface area contributed by atoms with Crippen molar-refractivity contribution in [3.05, 3.63) is 83.8 Å². The van der Waals surface area contributed by atoms with Gasteiger partial charge < -0.3 is 16.4 Å². The summed E-state index contributed by atoms with van der Waals surface area (Å²) in [5.74, 6) is -0.851. The van der Waals surface area contributed by atoms with Gasteiger partial charge in [-0.05, 0) is 36.4 Å². The number of carbonyl (C=O) groups is 2. The standard InChI is InChI=1S/C21H18N6O2/c22-20(28)19-14(4-3-9-23-19)11-24-17-6-2-1-5-16(17)21(29)26-15-8-7-13-12-25-27-18(13)10-15/h1-10,12,24H,11H2,(H2,22,28)(H,25,27)(H,26,29). The van der Waals surface area contributed by atoms with Crippen molar-refractivity contribution >= 4 is 34.1 Å². The summed E-state index contributed by atoms with van der Waals surface area (Å²) >= 11 is 0. The number of nitrogens with zero attached hydrogens (tertiary/aromatic N) is 2. The Morgan fingerprint density at radius 2 is 1.93 bits per heavy atom. The molecule has 8 nitrogen and oxygen atoms in total. The third kappa shape index (κ3) is 3.91. The van der Waals surface area contributed by atoms with Crippen LogP contribution in [-0.4, -0.2) is 27.0 Å². The molecule has 2 aromatic carbocycles. The molecule has 0 saturated heterocycles. The number of aromatic amines is 1. The smallest absolute Gasteiger partial charge is 0.267 e. The molecule has 2 heterocycles. The number of benzene rings is 2. The Balaban J connectivity index is 1.53. The van der Waals surface area contributed by atoms with E-state index >= 15 is 0 Å². The quantitative estimate of drug-likeness (QED) is 0.405. The molecule has 4 aromatic rings. The van der Waals surface area contributed by atoms with Gasteiger partial charge >= 0.3 is 0 Å². The summed E-state index contributed by atoms with van der Waals surface area (Å²) in [7, 11) is 0. The van der Waals surface area contributed by atoms with Gasteiger partial charge in [-0.25, -0.2) is 0 Å². The minimum atomic E-state index is -0.595. The van der Waals surface area contributed by atoms with Gasteiger partial charge in [0.15, 0.2) is 0 Å². The van der Waals surface area contributed by atoms with Crippen molar-refractivity contribution in [3.63, 3.8) is 0 Å². The van der Waals surface area contributed by atoms with Crippen LogP contribution in [0.25, 0.3) is 10.9 Å². The molecule has 0 aliphatic rings. The van der Waals surface area contributed by atoms with Crippen molar-refractivity contribution in [2.75, 3.05) is 10.6 Å². The number of nitrogens with two attached hydrogens (primary N) is 1. The highest BCUT2D eigenvalue weighted by Gasteiger charge is 2.13. The predicted molar refractivity (Wildman–Crippen MR) is 111 cm³/mol. The first kappa shape index (κ1) is 18.2. The molecule has 0 atom stereocenters. The van der Waals surface area contributed by atoms with Gasteiger partial charge in [0.25, 0.3) is 11.8 Å². The zero-order valence-corrected chi connectivity index (χ0v) is 15.3. The minimum Gasteiger partial charge on any atom is -0.380 e. The van der Waals surface area contributed by atoms with Crippen molar-refractivity contribution < 1.29 is 9.59 Å². The number of H-pyrrole nitrogens is 1. The maximum atomic E-state index is 12.8. The fourth-order valence-electron chi connectivity index (χ4n) is 3.04. The fourth-order valence-corrected chi connectivity index (χ4v) is 3.04. The SMILES string of the molecule is NC(=O)c1ncccc1CNc1ccccc1C(=O)Nc1ccc2cn[nH]c2c1. The van der Waals surface area contributed by atoms with Gasteiger partial charge in [0.1, 0.15) is 5.69 Å². The highest BCUT2D eigenvalue weighted by molar-refractivity contribution is 6.08. The van der Waals surface area contributed by atoms with E-state index in [1.165, 1.54) is 6.20 Å². The largest absolute Gasteiger partial charge is 0.380 e. The molecule has 0 saturated carbocycles. The summed E-state index contributed by atoms with van der Waals surface area (Å²) in [5.41, 5.74) is 8.84. The second-order valence-electron chi connectivity index (χ2n) is 6.40. The van der Waals surface area contributed by atoms with E-state index in [-0.39, 0.29) is 11.6 Å². The van der Waals surface area contributed by atoms with Crippen LogP contribution in [0, 0.1) is 0 Å². The van der Waals surface area contributed by atoms with Crippen LogP contribution >= 0.6 is 0 Å². The zero-order valence-electron chi connectivity index (χ0n) is 15.3. The maximum Gasteiger partial charge on any atom is 0.267 e. The Bertz CT molecular complexity index is 1200. The normalized spacial score (nSPS) is 10.6. The first-order valence-corrected chi connectivity index (χ1v) is 8.93. The highest BCUT2D eigenvalue weighted by atomic mass is 16.2. The van der Waals surface area contributed by atoms with Crippen molar-refractivity contribution in [1.29, 1.82) is 0 Å². The monoisotopic (exact) mass is 386 g/mol. The molecular formula is C21H18N6O2. The molecule has 0 aliphatic heterocycles. The predicted octanol–water partition coefficient (Wildman–Crippen LogP) is 2.92. The second kappa shape index (κ2) is 7.81. The molecule has 0 radical (unpaired) electrons. The van der Waals surface area contributed by atoms with Crippen LogP contribution in [0.3, 0.4) is 0 Å². The van der Waals surface area contributed by atoms with Crippen LogP contribution in [0.5, 0.6) is 0 Å². The number of carbonyl (C=O) groups excluding carboxylic acids is 2. The summed E-state index contributed by atoms with van der Waals surface area (Å²) in [4.78, 5) is 28.4. The molecule has 0 spiro atoms. The van der Waals surface area contributed by atoms with E-state index in [0.717, 1.165) is 10.9 Å². The van der Waals surface area contributed by atoms with Crippen molar-refractivity contribution in [3.8, 4) is 0 Å². The number of amides is 2. The highest BCUT2D eigenvalue weighted by Crippen LogP contribution is 2.21. The van der Waals surface area contributed by atoms with E-state index in [2.05, 4.69) is 25.8 Å². The summed E-state index contributed by atoms with van der Waals surface area (Å²) < 4.78 is 0. The molecule has 2 aromatic heterocycles. The molecule has 5 N–H and O–H groups in total. The minimum absolute atomic E-state index is 0.204. The van der Waals surface area contributed by atoms with Crippen molar-refractivity contribution in [2.24, 2.45) is 5.73 Å². The van der Waals surface area contributed by atoms with Crippen LogP contribution in [-0.2, 0) is 6.54 Å². The molecule has 4 rings (SSSR count). The number of fused-ring (bicyclic) bond motifs is 1. The molecule has 0 unspecified atom stereocenters. The molecule has 2 amide bonds. The first-order chi connectivity index (χ1) is 14.1. The van der Waals surface area contributed by atoms with Gasteiger partial charge in [-0.2, -0.15) is 5.10 Å². The van der Waals surface area contributed by atoms with Gasteiger partial charge in [-0.3, -0.25) is 19.7 Å². The Morgan fingerprint density at radius 3 is 2.79 bits per heavy atom. The van der Waals surface area contributed by atoms with Gasteiger partial charge in [-0.1, -0.05) is 18.2 Å². The third-order valence-electron chi connectivity index (χ3n) is 4.47. The topological polar surface area (TPSA) is 126 Å². The Morgan fingerprint density at radius 1 is 1.07 bits per heavy atom. The van der Waals surface area contributed by atoms with E-state index in [0.29, 0.717) is 29.0 Å². The van der Waals surface area contributed by atoms with E-state index in [1.807, 2.05) is 24.3 Å². The number of aromatic nitrogens is 3. The van der Waals surface area contributed by atoms with Gasteiger partial charge in [0.05, 0.1) is 17.3 Å². The number of anilines is 2. The zero-order chi connectivity index (χ0) is 20.2. The maximum absolute atomic E-state index is 12.8. The Kier molecular flexibility index (Phi) is 4.90. The number of pyridine rings is 1. The molecule has 8 heteroatoms. The summed E-state index contributed by atoms with van der Waals surface area (Å²) in [6, 6.07) is 16.2. The van der Waals surface area contributed by atoms with Crippen LogP contribution in [0.1, 0.15) is 26.4 Å². The fraction of sp³-hybridized carbons (Fsp3) is 0.0476. The molecule has 29 heavy (non-hydrogen) atoms. The van der Waals surface area contributed by atoms with Crippen molar-refractivity contribution in [2.45, 2.75) is 6.54 Å². The van der Waals surface area contributed by atoms with E-state index in [9.17, 15) is 9.59 Å². The molecular weight excluding hydrogens is 368 g/mol. The average Bonchev–Trinajstić information content (AvgIpc) is 3.20. The second-order valence-corrected chi connectivity index (χ2v) is 6.40. The molecule has 0 aliphatic carbocycles. The lowest BCUT2D eigenvalue weighted by molar-refractivity contribution is 0.0992. The molecule has 144 valence electrons. The molecule has 0 bridgehead atoms. The van der Waals surface area contributed by atoms with Crippen LogP contribution in [0.15, 0.2) is 67.0 Å². The lowest BCUT2D eigenvalue weighted by Gasteiger charge is -2.13. The Hall–Kier alpha value is -4.20. The van der Waals surface area contributed by atoms with Crippen molar-refractivity contribution in [1.82, 2.24) is 15.2 Å². The van der Waals surface area contributed by atoms with Crippen LogP contribution in [0.4, 0.5) is 11.4 Å². The molecule has 0 fully saturated rings. The van der Waals surface area contributed by atoms with Gasteiger partial charge in [0.2, 0.25) is 0 Å². The lowest BCUT2D eigenvalue weighted by Crippen LogP contribution is -2.18. The number of primary amides is 1. The summed E-state index contributed by atoms with van der Waals surface area (Å²) in [5, 5.41) is 13.9. The van der Waals surface area contributed by atoms with E-state index in [4.69, 9.17) is 5.73 Å². The van der Waals surface area contributed by atoms with E-state index < -0.39 is 5.91 Å². The number of nitrogens with one attached hydrogen (secondary N) is 3. The number of hydrogen-bond acceptors (Lipinski definition) is 5. The van der Waals surface area contributed by atoms with Gasteiger partial charge in [-0.15, -0.1) is 0 Å². The van der Waals surface area contributed by atoms with Crippen LogP contribution < -0.4 is 16.4 Å². The number of hydrogen-bond donors (Lipinski definition) is 4. The van der Waals surface area contributed by atoms with E-state index in [1.54, 1.807) is 36.5 Å². The number of rotatable bonds is 6. The lowest BCUT2D eigenvalue weighted by atomic mass is 10.1. The van der Waals surface area contributed by atoms with Crippen LogP contribution in [0.2, 0.25) is 0 Å². The average molecular weight is 386 g/mol. The first-order valence-electron chi connectivity index (χ1n) is 8.93. The van der Waals surface area contributed by atoms with Gasteiger partial charge in [0, 0.05) is 35.1 Å².